The van der Waals surface area contributed by atoms with Crippen LogP contribution >= 0.6 is 0 Å². The minimum absolute atomic E-state index is 0.154. The lowest BCUT2D eigenvalue weighted by molar-refractivity contribution is 0.207. The first-order valence-corrected chi connectivity index (χ1v) is 11.7. The van der Waals surface area contributed by atoms with Gasteiger partial charge in [0.05, 0.1) is 5.69 Å². The number of aromatic nitrogens is 2. The van der Waals surface area contributed by atoms with Gasteiger partial charge in [-0.3, -0.25) is 0 Å². The van der Waals surface area contributed by atoms with Crippen molar-refractivity contribution in [1.82, 2.24) is 20.4 Å². The lowest BCUT2D eigenvalue weighted by atomic mass is 9.84. The number of benzene rings is 1. The molecule has 7 heteroatoms. The number of nitrogens with one attached hydrogen (secondary N) is 1. The van der Waals surface area contributed by atoms with E-state index in [1.165, 1.54) is 12.8 Å². The standard InChI is InChI=1S/C26H32FN5O/c1-25-10-11-26(2,30-25)16-20(15-25)31(3)24-7-6-22(28-29-24)21-5-4-19(14-23(21)33)18-8-12-32(17-27)13-9-18/h4-9,12,14,20,30,33H,10-11,13,15-17H2,1-3H3/t20?,25-,26+. The molecule has 3 aliphatic rings. The zero-order valence-corrected chi connectivity index (χ0v) is 19.6. The third kappa shape index (κ3) is 4.22. The first-order valence-electron chi connectivity index (χ1n) is 11.7. The Kier molecular flexibility index (Phi) is 5.40. The molecular weight excluding hydrogens is 417 g/mol. The number of phenolic OH excluding ortho intramolecular Hbond substituents is 1. The van der Waals surface area contributed by atoms with Crippen molar-refractivity contribution in [3.8, 4) is 17.0 Å². The van der Waals surface area contributed by atoms with Crippen LogP contribution in [0.15, 0.2) is 48.7 Å². The van der Waals surface area contributed by atoms with Crippen LogP contribution in [0.3, 0.4) is 0 Å². The summed E-state index contributed by atoms with van der Waals surface area (Å²) >= 11 is 0. The predicted octanol–water partition coefficient (Wildman–Crippen LogP) is 4.49. The molecule has 174 valence electrons. The highest BCUT2D eigenvalue weighted by molar-refractivity contribution is 5.79. The highest BCUT2D eigenvalue weighted by Crippen LogP contribution is 2.43. The minimum Gasteiger partial charge on any atom is -0.507 e. The van der Waals surface area contributed by atoms with Gasteiger partial charge in [0.2, 0.25) is 0 Å². The van der Waals surface area contributed by atoms with Crippen molar-refractivity contribution >= 4 is 11.4 Å². The van der Waals surface area contributed by atoms with Crippen LogP contribution in [0.4, 0.5) is 10.2 Å². The fraction of sp³-hybridized carbons (Fsp3) is 0.462. The maximum Gasteiger partial charge on any atom is 0.161 e. The summed E-state index contributed by atoms with van der Waals surface area (Å²) in [5, 5.41) is 23.4. The second-order valence-electron chi connectivity index (χ2n) is 10.3. The first kappa shape index (κ1) is 21.9. The van der Waals surface area contributed by atoms with Crippen LogP contribution < -0.4 is 10.2 Å². The number of piperidine rings is 1. The summed E-state index contributed by atoms with van der Waals surface area (Å²) in [6.07, 6.45) is 10.2. The summed E-state index contributed by atoms with van der Waals surface area (Å²) in [5.74, 6) is 1.00. The van der Waals surface area contributed by atoms with Gasteiger partial charge in [0.15, 0.2) is 12.6 Å². The molecule has 0 radical (unpaired) electrons. The number of fused-ring (bicyclic) bond motifs is 2. The van der Waals surface area contributed by atoms with Gasteiger partial charge in [-0.05, 0) is 81.0 Å². The van der Waals surface area contributed by atoms with Gasteiger partial charge in [-0.2, -0.15) is 0 Å². The Morgan fingerprint density at radius 1 is 1.15 bits per heavy atom. The van der Waals surface area contributed by atoms with Crippen molar-refractivity contribution in [3.05, 3.63) is 54.2 Å². The summed E-state index contributed by atoms with van der Waals surface area (Å²) in [7, 11) is 2.10. The Labute approximate surface area is 194 Å². The smallest absolute Gasteiger partial charge is 0.161 e. The number of hydrogen-bond donors (Lipinski definition) is 2. The minimum atomic E-state index is -0.509. The molecule has 2 aromatic rings. The van der Waals surface area contributed by atoms with E-state index in [0.29, 0.717) is 23.8 Å². The monoisotopic (exact) mass is 449 g/mol. The Balaban J connectivity index is 1.32. The quantitative estimate of drug-likeness (QED) is 0.656. The lowest BCUT2D eigenvalue weighted by Crippen LogP contribution is -2.58. The van der Waals surface area contributed by atoms with Crippen molar-refractivity contribution in [2.45, 2.75) is 56.7 Å². The number of phenols is 1. The largest absolute Gasteiger partial charge is 0.507 e. The van der Waals surface area contributed by atoms with Crippen LogP contribution in [0.25, 0.3) is 16.8 Å². The molecule has 2 saturated heterocycles. The SMILES string of the molecule is CN(c1ccc(-c2ccc(C3=CCN(CF)C=C3)cc2O)nn1)C1C[C@]2(C)CC[C@](C)(C1)N2. The Hall–Kier alpha value is -2.93. The molecule has 6 nitrogen and oxygen atoms in total. The molecule has 2 bridgehead atoms. The molecule has 5 rings (SSSR count). The summed E-state index contributed by atoms with van der Waals surface area (Å²) in [6, 6.07) is 9.87. The maximum atomic E-state index is 12.8. The Morgan fingerprint density at radius 2 is 1.91 bits per heavy atom. The van der Waals surface area contributed by atoms with E-state index < -0.39 is 6.80 Å². The van der Waals surface area contributed by atoms with Crippen molar-refractivity contribution in [2.24, 2.45) is 0 Å². The van der Waals surface area contributed by atoms with E-state index in [9.17, 15) is 9.50 Å². The van der Waals surface area contributed by atoms with Crippen molar-refractivity contribution in [2.75, 3.05) is 25.3 Å². The van der Waals surface area contributed by atoms with Crippen LogP contribution in [-0.2, 0) is 0 Å². The summed E-state index contributed by atoms with van der Waals surface area (Å²) in [6.45, 7) is 4.66. The normalized spacial score (nSPS) is 28.7. The maximum absolute atomic E-state index is 12.8. The molecular formula is C26H32FN5O. The second-order valence-corrected chi connectivity index (χ2v) is 10.3. The molecule has 0 saturated carbocycles. The van der Waals surface area contributed by atoms with E-state index in [1.54, 1.807) is 17.2 Å². The molecule has 1 aromatic carbocycles. The number of aromatic hydroxyl groups is 1. The third-order valence-corrected chi connectivity index (χ3v) is 7.54. The number of hydrogen-bond acceptors (Lipinski definition) is 6. The second kappa shape index (κ2) is 8.13. The molecule has 1 unspecified atom stereocenters. The number of nitrogens with zero attached hydrogens (tertiary/aromatic N) is 4. The van der Waals surface area contributed by atoms with E-state index in [1.807, 2.05) is 36.4 Å². The number of rotatable bonds is 5. The van der Waals surface area contributed by atoms with Crippen LogP contribution in [-0.4, -0.2) is 57.7 Å². The molecule has 2 N–H and O–H groups in total. The number of alkyl halides is 1. The first-order chi connectivity index (χ1) is 15.8. The van der Waals surface area contributed by atoms with Gasteiger partial charge < -0.3 is 20.2 Å². The molecule has 3 aliphatic heterocycles. The molecule has 0 spiro atoms. The fourth-order valence-corrected chi connectivity index (χ4v) is 5.70. The summed E-state index contributed by atoms with van der Waals surface area (Å²) < 4.78 is 12.8. The third-order valence-electron chi connectivity index (χ3n) is 7.54. The number of allylic oxidation sites excluding steroid dienone is 2. The molecule has 33 heavy (non-hydrogen) atoms. The average Bonchev–Trinajstić information content (AvgIpc) is 3.05. The van der Waals surface area contributed by atoms with Crippen LogP contribution in [0.5, 0.6) is 5.75 Å². The molecule has 1 aromatic heterocycles. The number of anilines is 1. The van der Waals surface area contributed by atoms with Gasteiger partial charge in [0, 0.05) is 42.5 Å². The van der Waals surface area contributed by atoms with Crippen LogP contribution in [0.2, 0.25) is 0 Å². The van der Waals surface area contributed by atoms with Crippen LogP contribution in [0.1, 0.15) is 45.1 Å². The van der Waals surface area contributed by atoms with Crippen molar-refractivity contribution in [1.29, 1.82) is 0 Å². The van der Waals surface area contributed by atoms with E-state index in [4.69, 9.17) is 0 Å². The highest BCUT2D eigenvalue weighted by atomic mass is 19.1. The Morgan fingerprint density at radius 3 is 2.48 bits per heavy atom. The Bertz CT molecular complexity index is 1080. The molecule has 3 atom stereocenters. The fourth-order valence-electron chi connectivity index (χ4n) is 5.70. The topological polar surface area (TPSA) is 64.5 Å². The zero-order chi connectivity index (χ0) is 23.2. The van der Waals surface area contributed by atoms with Gasteiger partial charge >= 0.3 is 0 Å². The molecule has 0 aliphatic carbocycles. The van der Waals surface area contributed by atoms with E-state index >= 15 is 0 Å². The highest BCUT2D eigenvalue weighted by Gasteiger charge is 2.49. The molecule has 4 heterocycles. The van der Waals surface area contributed by atoms with E-state index in [0.717, 1.165) is 29.8 Å². The van der Waals surface area contributed by atoms with Gasteiger partial charge in [-0.25, -0.2) is 4.39 Å². The van der Waals surface area contributed by atoms with Gasteiger partial charge in [0.1, 0.15) is 5.75 Å². The lowest BCUT2D eigenvalue weighted by Gasteiger charge is -2.45. The average molecular weight is 450 g/mol. The summed E-state index contributed by atoms with van der Waals surface area (Å²) in [4.78, 5) is 3.83. The van der Waals surface area contributed by atoms with Crippen molar-refractivity contribution in [3.63, 3.8) is 0 Å². The van der Waals surface area contributed by atoms with E-state index in [2.05, 4.69) is 41.3 Å². The van der Waals surface area contributed by atoms with E-state index in [-0.39, 0.29) is 16.8 Å². The molecule has 0 amide bonds. The summed E-state index contributed by atoms with van der Waals surface area (Å²) in [5.41, 5.74) is 3.52. The van der Waals surface area contributed by atoms with Gasteiger partial charge in [-0.15, -0.1) is 10.2 Å². The zero-order valence-electron chi connectivity index (χ0n) is 19.6. The van der Waals surface area contributed by atoms with Crippen LogP contribution in [0, 0.1) is 0 Å². The van der Waals surface area contributed by atoms with Gasteiger partial charge in [0.25, 0.3) is 0 Å². The predicted molar refractivity (Wildman–Crippen MR) is 130 cm³/mol. The number of halogens is 1. The van der Waals surface area contributed by atoms with Gasteiger partial charge in [-0.1, -0.05) is 12.1 Å². The van der Waals surface area contributed by atoms with Crippen molar-refractivity contribution < 1.29 is 9.50 Å². The molecule has 2 fully saturated rings.